The van der Waals surface area contributed by atoms with Gasteiger partial charge in [-0.25, -0.2) is 0 Å². The highest BCUT2D eigenvalue weighted by atomic mass is 19.3. The molecule has 2 rings (SSSR count). The summed E-state index contributed by atoms with van der Waals surface area (Å²) in [5, 5.41) is 0. The van der Waals surface area contributed by atoms with Gasteiger partial charge in [0.15, 0.2) is 0 Å². The lowest BCUT2D eigenvalue weighted by molar-refractivity contribution is -0.124. The van der Waals surface area contributed by atoms with Crippen molar-refractivity contribution < 1.29 is 18.3 Å². The van der Waals surface area contributed by atoms with Crippen molar-refractivity contribution in [3.63, 3.8) is 0 Å². The molecule has 80 valence electrons. The summed E-state index contributed by atoms with van der Waals surface area (Å²) in [7, 11) is 0. The van der Waals surface area contributed by atoms with E-state index in [0.29, 0.717) is 12.8 Å². The summed E-state index contributed by atoms with van der Waals surface area (Å²) in [6, 6.07) is 6.47. The van der Waals surface area contributed by atoms with Crippen molar-refractivity contribution in [2.75, 3.05) is 0 Å². The van der Waals surface area contributed by atoms with Gasteiger partial charge < -0.3 is 4.74 Å². The van der Waals surface area contributed by atoms with Crippen LogP contribution in [0.15, 0.2) is 24.3 Å². The number of benzene rings is 1. The highest BCUT2D eigenvalue weighted by Crippen LogP contribution is 2.34. The van der Waals surface area contributed by atoms with Gasteiger partial charge >= 0.3 is 6.61 Å². The molecule has 1 aromatic carbocycles. The number of ether oxygens (including phenoxy) is 1. The number of alkyl halides is 2. The van der Waals surface area contributed by atoms with Crippen LogP contribution in [0.25, 0.3) is 0 Å². The third kappa shape index (κ3) is 2.32. The first-order chi connectivity index (χ1) is 7.15. The zero-order valence-corrected chi connectivity index (χ0v) is 7.95. The molecule has 0 unspecified atom stereocenters. The molecule has 0 aromatic heterocycles. The van der Waals surface area contributed by atoms with E-state index in [1.807, 2.05) is 0 Å². The van der Waals surface area contributed by atoms with E-state index in [2.05, 4.69) is 4.74 Å². The molecule has 0 atom stereocenters. The number of Topliss-reactive ketones (excluding diaryl/α,β-unsaturated/α-hetero) is 1. The molecule has 2 nitrogen and oxygen atoms in total. The highest BCUT2D eigenvalue weighted by Gasteiger charge is 2.27. The molecular weight excluding hydrogens is 202 g/mol. The van der Waals surface area contributed by atoms with Crippen LogP contribution < -0.4 is 4.74 Å². The summed E-state index contributed by atoms with van der Waals surface area (Å²) in [4.78, 5) is 10.8. The SMILES string of the molecule is O=C1CC(c2ccc(OC(F)F)cc2)C1. The summed E-state index contributed by atoms with van der Waals surface area (Å²) >= 11 is 0. The molecule has 0 spiro atoms. The average molecular weight is 212 g/mol. The minimum Gasteiger partial charge on any atom is -0.435 e. The minimum absolute atomic E-state index is 0.152. The fraction of sp³-hybridized carbons (Fsp3) is 0.364. The first kappa shape index (κ1) is 10.1. The number of halogens is 2. The zero-order valence-electron chi connectivity index (χ0n) is 7.95. The van der Waals surface area contributed by atoms with Gasteiger partial charge in [0, 0.05) is 12.8 Å². The lowest BCUT2D eigenvalue weighted by Gasteiger charge is -2.24. The molecule has 1 saturated carbocycles. The van der Waals surface area contributed by atoms with Crippen LogP contribution in [-0.4, -0.2) is 12.4 Å². The first-order valence-electron chi connectivity index (χ1n) is 4.71. The largest absolute Gasteiger partial charge is 0.435 e. The van der Waals surface area contributed by atoms with Crippen molar-refractivity contribution in [3.8, 4) is 5.75 Å². The van der Waals surface area contributed by atoms with Gasteiger partial charge in [0.05, 0.1) is 0 Å². The Morgan fingerprint density at radius 1 is 1.20 bits per heavy atom. The second-order valence-electron chi connectivity index (χ2n) is 3.59. The van der Waals surface area contributed by atoms with Crippen molar-refractivity contribution in [2.24, 2.45) is 0 Å². The number of hydrogen-bond donors (Lipinski definition) is 0. The van der Waals surface area contributed by atoms with Crippen LogP contribution >= 0.6 is 0 Å². The maximum Gasteiger partial charge on any atom is 0.387 e. The van der Waals surface area contributed by atoms with Crippen molar-refractivity contribution in [3.05, 3.63) is 29.8 Å². The lowest BCUT2D eigenvalue weighted by atomic mass is 9.79. The predicted octanol–water partition coefficient (Wildman–Crippen LogP) is 2.73. The number of carbonyl (C=O) groups is 1. The number of ketones is 1. The molecule has 15 heavy (non-hydrogen) atoms. The van der Waals surface area contributed by atoms with Gasteiger partial charge in [-0.15, -0.1) is 0 Å². The molecule has 0 radical (unpaired) electrons. The molecule has 0 heterocycles. The quantitative estimate of drug-likeness (QED) is 0.770. The Labute approximate surface area is 85.9 Å². The van der Waals surface area contributed by atoms with Crippen LogP contribution in [0, 0.1) is 0 Å². The van der Waals surface area contributed by atoms with Gasteiger partial charge in [0.25, 0.3) is 0 Å². The topological polar surface area (TPSA) is 26.3 Å². The minimum atomic E-state index is -2.79. The first-order valence-corrected chi connectivity index (χ1v) is 4.71. The van der Waals surface area contributed by atoms with Crippen LogP contribution in [0.3, 0.4) is 0 Å². The Balaban J connectivity index is 2.01. The summed E-state index contributed by atoms with van der Waals surface area (Å²) in [6.07, 6.45) is 1.13. The molecule has 4 heteroatoms. The van der Waals surface area contributed by atoms with Crippen LogP contribution in [-0.2, 0) is 4.79 Å². The van der Waals surface area contributed by atoms with Crippen molar-refractivity contribution in [2.45, 2.75) is 25.4 Å². The Kier molecular flexibility index (Phi) is 2.66. The van der Waals surface area contributed by atoms with Crippen LogP contribution in [0.1, 0.15) is 24.3 Å². The summed E-state index contributed by atoms with van der Waals surface area (Å²) in [5.74, 6) is 0.672. The molecule has 0 N–H and O–H groups in total. The van der Waals surface area contributed by atoms with E-state index in [0.717, 1.165) is 5.56 Å². The maximum atomic E-state index is 11.8. The Hall–Kier alpha value is -1.45. The Bertz CT molecular complexity index is 351. The van der Waals surface area contributed by atoms with Crippen molar-refractivity contribution >= 4 is 5.78 Å². The van der Waals surface area contributed by atoms with E-state index in [1.54, 1.807) is 12.1 Å². The molecule has 1 aliphatic rings. The fourth-order valence-corrected chi connectivity index (χ4v) is 1.65. The Morgan fingerprint density at radius 2 is 1.80 bits per heavy atom. The number of hydrogen-bond acceptors (Lipinski definition) is 2. The van der Waals surface area contributed by atoms with Crippen LogP contribution in [0.5, 0.6) is 5.75 Å². The van der Waals surface area contributed by atoms with Crippen LogP contribution in [0.2, 0.25) is 0 Å². The highest BCUT2D eigenvalue weighted by molar-refractivity contribution is 5.86. The maximum absolute atomic E-state index is 11.8. The van der Waals surface area contributed by atoms with Gasteiger partial charge in [-0.1, -0.05) is 12.1 Å². The second kappa shape index (κ2) is 3.96. The molecular formula is C11H10F2O2. The number of rotatable bonds is 3. The zero-order chi connectivity index (χ0) is 10.8. The lowest BCUT2D eigenvalue weighted by Crippen LogP contribution is -2.20. The summed E-state index contributed by atoms with van der Waals surface area (Å²) in [6.45, 7) is -2.79. The van der Waals surface area contributed by atoms with E-state index in [9.17, 15) is 13.6 Å². The normalized spacial score (nSPS) is 16.6. The fourth-order valence-electron chi connectivity index (χ4n) is 1.65. The average Bonchev–Trinajstić information content (AvgIpc) is 2.14. The monoisotopic (exact) mass is 212 g/mol. The smallest absolute Gasteiger partial charge is 0.387 e. The van der Waals surface area contributed by atoms with E-state index in [-0.39, 0.29) is 17.5 Å². The van der Waals surface area contributed by atoms with E-state index >= 15 is 0 Å². The van der Waals surface area contributed by atoms with Gasteiger partial charge in [0.1, 0.15) is 11.5 Å². The molecule has 0 amide bonds. The third-order valence-corrected chi connectivity index (χ3v) is 2.52. The molecule has 0 aliphatic heterocycles. The van der Waals surface area contributed by atoms with E-state index in [1.165, 1.54) is 12.1 Å². The van der Waals surface area contributed by atoms with E-state index < -0.39 is 6.61 Å². The number of carbonyl (C=O) groups excluding carboxylic acids is 1. The standard InChI is InChI=1S/C11H10F2O2/c12-11(13)15-10-3-1-7(2-4-10)8-5-9(14)6-8/h1-4,8,11H,5-6H2. The van der Waals surface area contributed by atoms with Gasteiger partial charge in [-0.05, 0) is 23.6 Å². The van der Waals surface area contributed by atoms with Gasteiger partial charge in [-0.2, -0.15) is 8.78 Å². The second-order valence-corrected chi connectivity index (χ2v) is 3.59. The van der Waals surface area contributed by atoms with Gasteiger partial charge in [0.2, 0.25) is 0 Å². The van der Waals surface area contributed by atoms with Crippen molar-refractivity contribution in [1.82, 2.24) is 0 Å². The van der Waals surface area contributed by atoms with E-state index in [4.69, 9.17) is 0 Å². The molecule has 1 aromatic rings. The molecule has 0 saturated heterocycles. The predicted molar refractivity (Wildman–Crippen MR) is 50.1 cm³/mol. The third-order valence-electron chi connectivity index (χ3n) is 2.52. The Morgan fingerprint density at radius 3 is 2.27 bits per heavy atom. The summed E-state index contributed by atoms with van der Waals surface area (Å²) in [5.41, 5.74) is 1.01. The molecule has 1 fully saturated rings. The van der Waals surface area contributed by atoms with Crippen molar-refractivity contribution in [1.29, 1.82) is 0 Å². The molecule has 1 aliphatic carbocycles. The summed E-state index contributed by atoms with van der Waals surface area (Å²) < 4.78 is 27.9. The molecule has 0 bridgehead atoms. The van der Waals surface area contributed by atoms with Crippen LogP contribution in [0.4, 0.5) is 8.78 Å². The van der Waals surface area contributed by atoms with Gasteiger partial charge in [-0.3, -0.25) is 4.79 Å².